The summed E-state index contributed by atoms with van der Waals surface area (Å²) in [4.78, 5) is 0. The molecule has 0 bridgehead atoms. The zero-order valence-electron chi connectivity index (χ0n) is 12.1. The van der Waals surface area contributed by atoms with Crippen LogP contribution < -0.4 is 5.32 Å². The lowest BCUT2D eigenvalue weighted by molar-refractivity contribution is 0.226. The summed E-state index contributed by atoms with van der Waals surface area (Å²) in [6.07, 6.45) is 2.45. The van der Waals surface area contributed by atoms with E-state index < -0.39 is 0 Å². The van der Waals surface area contributed by atoms with Gasteiger partial charge >= 0.3 is 0 Å². The van der Waals surface area contributed by atoms with Crippen molar-refractivity contribution >= 4 is 27.7 Å². The summed E-state index contributed by atoms with van der Waals surface area (Å²) in [5, 5.41) is 3.90. The molecule has 1 nitrogen and oxygen atoms in total. The van der Waals surface area contributed by atoms with E-state index in [1.807, 2.05) is 0 Å². The molecular weight excluding hydrogens is 318 g/mol. The lowest BCUT2D eigenvalue weighted by Gasteiger charge is -2.41. The van der Waals surface area contributed by atoms with Gasteiger partial charge in [-0.05, 0) is 41.7 Å². The number of halogens is 1. The van der Waals surface area contributed by atoms with Gasteiger partial charge in [-0.15, -0.1) is 0 Å². The van der Waals surface area contributed by atoms with Crippen molar-refractivity contribution in [2.24, 2.45) is 5.41 Å². The number of hydrogen-bond donors (Lipinski definition) is 1. The molecule has 1 aromatic carbocycles. The van der Waals surface area contributed by atoms with Crippen molar-refractivity contribution in [1.29, 1.82) is 0 Å². The fraction of sp³-hybridized carbons (Fsp3) is 0.625. The fourth-order valence-electron chi connectivity index (χ4n) is 2.60. The molecule has 1 heterocycles. The van der Waals surface area contributed by atoms with Crippen molar-refractivity contribution in [1.82, 2.24) is 5.32 Å². The Kier molecular flexibility index (Phi) is 5.38. The van der Waals surface area contributed by atoms with Crippen molar-refractivity contribution in [3.63, 3.8) is 0 Å². The number of rotatable bonds is 4. The van der Waals surface area contributed by atoms with E-state index in [1.54, 1.807) is 0 Å². The smallest absolute Gasteiger partial charge is 0.0320 e. The topological polar surface area (TPSA) is 12.0 Å². The number of benzene rings is 1. The van der Waals surface area contributed by atoms with Crippen LogP contribution in [0.5, 0.6) is 0 Å². The van der Waals surface area contributed by atoms with E-state index in [0.717, 1.165) is 10.9 Å². The molecule has 1 fully saturated rings. The Hall–Kier alpha value is 0.01000. The predicted molar refractivity (Wildman–Crippen MR) is 89.8 cm³/mol. The Labute approximate surface area is 130 Å². The standard InChI is InChI=1S/C16H24BrNS/c1-4-14(12-5-7-13(17)8-6-12)18-15-11-19-10-9-16(15,2)3/h5-8,14-15,18H,4,9-11H2,1-3H3. The molecule has 0 aliphatic carbocycles. The molecule has 1 N–H and O–H groups in total. The summed E-state index contributed by atoms with van der Waals surface area (Å²) < 4.78 is 1.15. The first kappa shape index (κ1) is 15.4. The molecule has 0 spiro atoms. The minimum absolute atomic E-state index is 0.411. The molecule has 1 aliphatic rings. The van der Waals surface area contributed by atoms with Crippen molar-refractivity contribution < 1.29 is 0 Å². The minimum Gasteiger partial charge on any atom is -0.306 e. The summed E-state index contributed by atoms with van der Waals surface area (Å²) in [7, 11) is 0. The van der Waals surface area contributed by atoms with Crippen molar-refractivity contribution in [3.05, 3.63) is 34.3 Å². The lowest BCUT2D eigenvalue weighted by atomic mass is 9.81. The number of thioether (sulfide) groups is 1. The average Bonchev–Trinajstić information content (AvgIpc) is 2.38. The van der Waals surface area contributed by atoms with E-state index in [4.69, 9.17) is 0 Å². The molecule has 0 aromatic heterocycles. The minimum atomic E-state index is 0.411. The Morgan fingerprint density at radius 2 is 2.05 bits per heavy atom. The van der Waals surface area contributed by atoms with Gasteiger partial charge in [0.15, 0.2) is 0 Å². The molecule has 1 aliphatic heterocycles. The second-order valence-electron chi connectivity index (χ2n) is 6.05. The molecule has 2 atom stereocenters. The first-order valence-corrected chi connectivity index (χ1v) is 9.07. The third-order valence-electron chi connectivity index (χ3n) is 4.20. The monoisotopic (exact) mass is 341 g/mol. The average molecular weight is 342 g/mol. The van der Waals surface area contributed by atoms with E-state index >= 15 is 0 Å². The van der Waals surface area contributed by atoms with Crippen LogP contribution in [0.3, 0.4) is 0 Å². The van der Waals surface area contributed by atoms with Crippen LogP contribution >= 0.6 is 27.7 Å². The van der Waals surface area contributed by atoms with Gasteiger partial charge in [0.25, 0.3) is 0 Å². The van der Waals surface area contributed by atoms with Crippen LogP contribution in [-0.4, -0.2) is 17.5 Å². The first-order chi connectivity index (χ1) is 9.03. The maximum atomic E-state index is 3.90. The third kappa shape index (κ3) is 3.99. The Bertz CT molecular complexity index is 402. The summed E-state index contributed by atoms with van der Waals surface area (Å²) in [5.41, 5.74) is 1.81. The highest BCUT2D eigenvalue weighted by molar-refractivity contribution is 9.10. The number of hydrogen-bond acceptors (Lipinski definition) is 2. The molecule has 3 heteroatoms. The third-order valence-corrected chi connectivity index (χ3v) is 5.79. The second kappa shape index (κ2) is 6.64. The quantitative estimate of drug-likeness (QED) is 0.824. The molecule has 0 radical (unpaired) electrons. The van der Waals surface area contributed by atoms with Crippen LogP contribution in [-0.2, 0) is 0 Å². The summed E-state index contributed by atoms with van der Waals surface area (Å²) in [6.45, 7) is 7.07. The van der Waals surface area contributed by atoms with E-state index in [2.05, 4.69) is 78.0 Å². The maximum absolute atomic E-state index is 3.90. The van der Waals surface area contributed by atoms with E-state index in [0.29, 0.717) is 17.5 Å². The molecule has 106 valence electrons. The largest absolute Gasteiger partial charge is 0.306 e. The summed E-state index contributed by atoms with van der Waals surface area (Å²) in [5.74, 6) is 2.54. The van der Waals surface area contributed by atoms with Crippen LogP contribution in [0.4, 0.5) is 0 Å². The zero-order valence-corrected chi connectivity index (χ0v) is 14.5. The highest BCUT2D eigenvalue weighted by Crippen LogP contribution is 2.35. The van der Waals surface area contributed by atoms with Crippen LogP contribution in [0.15, 0.2) is 28.7 Å². The molecule has 2 unspecified atom stereocenters. The SMILES string of the molecule is CCC(NC1CSCCC1(C)C)c1ccc(Br)cc1. The van der Waals surface area contributed by atoms with Crippen molar-refractivity contribution in [3.8, 4) is 0 Å². The molecule has 1 aromatic rings. The van der Waals surface area contributed by atoms with E-state index in [1.165, 1.54) is 23.5 Å². The van der Waals surface area contributed by atoms with Gasteiger partial charge in [-0.25, -0.2) is 0 Å². The van der Waals surface area contributed by atoms with Crippen LogP contribution in [0.2, 0.25) is 0 Å². The maximum Gasteiger partial charge on any atom is 0.0320 e. The second-order valence-corrected chi connectivity index (χ2v) is 8.11. The molecule has 2 rings (SSSR count). The van der Waals surface area contributed by atoms with Gasteiger partial charge in [0, 0.05) is 22.3 Å². The van der Waals surface area contributed by atoms with Gasteiger partial charge in [0.1, 0.15) is 0 Å². The van der Waals surface area contributed by atoms with Gasteiger partial charge < -0.3 is 5.32 Å². The van der Waals surface area contributed by atoms with Crippen LogP contribution in [0.25, 0.3) is 0 Å². The van der Waals surface area contributed by atoms with E-state index in [9.17, 15) is 0 Å². The molecule has 0 saturated carbocycles. The van der Waals surface area contributed by atoms with E-state index in [-0.39, 0.29) is 0 Å². The number of nitrogens with one attached hydrogen (secondary N) is 1. The van der Waals surface area contributed by atoms with Crippen LogP contribution in [0.1, 0.15) is 45.2 Å². The van der Waals surface area contributed by atoms with Gasteiger partial charge in [-0.2, -0.15) is 11.8 Å². The normalized spacial score (nSPS) is 24.1. The predicted octanol–water partition coefficient (Wildman–Crippen LogP) is 5.02. The molecule has 0 amide bonds. The molecule has 19 heavy (non-hydrogen) atoms. The highest BCUT2D eigenvalue weighted by atomic mass is 79.9. The van der Waals surface area contributed by atoms with Gasteiger partial charge in [0.05, 0.1) is 0 Å². The zero-order chi connectivity index (χ0) is 13.9. The lowest BCUT2D eigenvalue weighted by Crippen LogP contribution is -2.47. The fourth-order valence-corrected chi connectivity index (χ4v) is 4.48. The first-order valence-electron chi connectivity index (χ1n) is 7.12. The summed E-state index contributed by atoms with van der Waals surface area (Å²) in [6, 6.07) is 9.82. The Balaban J connectivity index is 2.08. The van der Waals surface area contributed by atoms with Crippen LogP contribution in [0, 0.1) is 5.41 Å². The summed E-state index contributed by atoms with van der Waals surface area (Å²) >= 11 is 5.59. The van der Waals surface area contributed by atoms with Gasteiger partial charge in [-0.1, -0.05) is 48.8 Å². The Morgan fingerprint density at radius 3 is 2.63 bits per heavy atom. The van der Waals surface area contributed by atoms with Crippen molar-refractivity contribution in [2.75, 3.05) is 11.5 Å². The van der Waals surface area contributed by atoms with Gasteiger partial charge in [-0.3, -0.25) is 0 Å². The molecule has 1 saturated heterocycles. The molecular formula is C16H24BrNS. The van der Waals surface area contributed by atoms with Gasteiger partial charge in [0.2, 0.25) is 0 Å². The van der Waals surface area contributed by atoms with Crippen molar-refractivity contribution in [2.45, 2.75) is 45.7 Å². The Morgan fingerprint density at radius 1 is 1.37 bits per heavy atom. The highest BCUT2D eigenvalue weighted by Gasteiger charge is 2.33.